The quantitative estimate of drug-likeness (QED) is 0.848. The van der Waals surface area contributed by atoms with Crippen LogP contribution in [0.2, 0.25) is 0 Å². The monoisotopic (exact) mass is 273 g/mol. The summed E-state index contributed by atoms with van der Waals surface area (Å²) >= 11 is 0. The lowest BCUT2D eigenvalue weighted by molar-refractivity contribution is 0.314. The molecule has 2 aromatic rings. The van der Waals surface area contributed by atoms with E-state index in [-0.39, 0.29) is 0 Å². The Balaban J connectivity index is 1.47. The lowest BCUT2D eigenvalue weighted by Gasteiger charge is -2.13. The summed E-state index contributed by atoms with van der Waals surface area (Å²) < 4.78 is 7.75. The molecule has 1 atom stereocenters. The van der Waals surface area contributed by atoms with Gasteiger partial charge in [-0.25, -0.2) is 4.98 Å². The molecule has 0 aromatic carbocycles. The van der Waals surface area contributed by atoms with Crippen LogP contribution in [0, 0.1) is 5.92 Å². The van der Waals surface area contributed by atoms with Crippen molar-refractivity contribution in [2.24, 2.45) is 13.0 Å². The molecule has 1 aliphatic carbocycles. The van der Waals surface area contributed by atoms with E-state index < -0.39 is 0 Å². The van der Waals surface area contributed by atoms with E-state index in [2.05, 4.69) is 20.1 Å². The van der Waals surface area contributed by atoms with Crippen molar-refractivity contribution in [1.29, 1.82) is 0 Å². The fourth-order valence-electron chi connectivity index (χ4n) is 2.93. The van der Waals surface area contributed by atoms with E-state index in [1.54, 1.807) is 12.5 Å². The van der Waals surface area contributed by atoms with Gasteiger partial charge >= 0.3 is 0 Å². The molecule has 2 aliphatic rings. The molecular formula is C14H19N5O. The van der Waals surface area contributed by atoms with Crippen LogP contribution in [0.3, 0.4) is 0 Å². The molecule has 1 unspecified atom stereocenters. The predicted molar refractivity (Wildman–Crippen MR) is 73.0 cm³/mol. The second kappa shape index (κ2) is 4.70. The van der Waals surface area contributed by atoms with Crippen LogP contribution < -0.4 is 0 Å². The largest absolute Gasteiger partial charge is 0.419 e. The van der Waals surface area contributed by atoms with Gasteiger partial charge in [0.25, 0.3) is 5.89 Å². The van der Waals surface area contributed by atoms with Crippen LogP contribution in [-0.2, 0) is 7.05 Å². The third-order valence-electron chi connectivity index (χ3n) is 4.31. The van der Waals surface area contributed by atoms with Crippen LogP contribution in [0.4, 0.5) is 0 Å². The van der Waals surface area contributed by atoms with Crippen LogP contribution >= 0.6 is 0 Å². The highest BCUT2D eigenvalue weighted by molar-refractivity contribution is 5.44. The highest BCUT2D eigenvalue weighted by Gasteiger charge is 2.32. The molecule has 0 radical (unpaired) electrons. The van der Waals surface area contributed by atoms with E-state index in [0.717, 1.165) is 37.0 Å². The van der Waals surface area contributed by atoms with Gasteiger partial charge in [0, 0.05) is 20.1 Å². The Hall–Kier alpha value is -1.69. The van der Waals surface area contributed by atoms with Gasteiger partial charge in [-0.1, -0.05) is 0 Å². The molecule has 4 rings (SSSR count). The highest BCUT2D eigenvalue weighted by Crippen LogP contribution is 2.34. The number of hydrogen-bond donors (Lipinski definition) is 0. The van der Waals surface area contributed by atoms with Gasteiger partial charge in [0.15, 0.2) is 0 Å². The number of likely N-dealkylation sites (tertiary alicyclic amines) is 1. The minimum atomic E-state index is 0.392. The summed E-state index contributed by atoms with van der Waals surface area (Å²) in [6.45, 7) is 3.47. The maximum absolute atomic E-state index is 5.85. The average Bonchev–Trinajstić information content (AvgIpc) is 2.85. The van der Waals surface area contributed by atoms with Gasteiger partial charge in [0.1, 0.15) is 5.69 Å². The van der Waals surface area contributed by atoms with Crippen LogP contribution in [0.25, 0.3) is 11.6 Å². The maximum atomic E-state index is 5.85. The zero-order valence-electron chi connectivity index (χ0n) is 11.7. The van der Waals surface area contributed by atoms with Crippen LogP contribution in [0.5, 0.6) is 0 Å². The van der Waals surface area contributed by atoms with Crippen molar-refractivity contribution in [3.8, 4) is 11.6 Å². The van der Waals surface area contributed by atoms with Gasteiger partial charge in [-0.05, 0) is 31.7 Å². The van der Waals surface area contributed by atoms with Crippen molar-refractivity contribution < 1.29 is 4.42 Å². The second-order valence-corrected chi connectivity index (χ2v) is 6.02. The molecule has 6 heteroatoms. The summed E-state index contributed by atoms with van der Waals surface area (Å²) in [5.41, 5.74) is 0.872. The van der Waals surface area contributed by atoms with Gasteiger partial charge in [-0.3, -0.25) is 0 Å². The number of rotatable bonds is 4. The summed E-state index contributed by atoms with van der Waals surface area (Å²) in [5, 5.41) is 8.41. The molecule has 20 heavy (non-hydrogen) atoms. The summed E-state index contributed by atoms with van der Waals surface area (Å²) in [5.74, 6) is 2.69. The fraction of sp³-hybridized carbons (Fsp3) is 0.643. The van der Waals surface area contributed by atoms with E-state index in [4.69, 9.17) is 4.42 Å². The molecule has 1 saturated carbocycles. The summed E-state index contributed by atoms with van der Waals surface area (Å²) in [6, 6.07) is 0. The lowest BCUT2D eigenvalue weighted by Crippen LogP contribution is -2.22. The zero-order valence-corrected chi connectivity index (χ0v) is 11.7. The van der Waals surface area contributed by atoms with E-state index in [0.29, 0.717) is 11.8 Å². The Morgan fingerprint density at radius 2 is 2.20 bits per heavy atom. The molecule has 2 aromatic heterocycles. The number of imidazole rings is 1. The second-order valence-electron chi connectivity index (χ2n) is 6.02. The van der Waals surface area contributed by atoms with Crippen LogP contribution in [0.15, 0.2) is 16.9 Å². The smallest absolute Gasteiger partial charge is 0.265 e. The Morgan fingerprint density at radius 1 is 1.30 bits per heavy atom. The summed E-state index contributed by atoms with van der Waals surface area (Å²) in [7, 11) is 1.93. The highest BCUT2D eigenvalue weighted by atomic mass is 16.4. The molecular weight excluding hydrogens is 254 g/mol. The van der Waals surface area contributed by atoms with Crippen molar-refractivity contribution in [3.63, 3.8) is 0 Å². The van der Waals surface area contributed by atoms with Crippen molar-refractivity contribution in [1.82, 2.24) is 24.6 Å². The SMILES string of the molecule is Cn1cncc1-c1nnc(C2CCN(CC3CC3)C2)o1. The van der Waals surface area contributed by atoms with E-state index in [1.807, 2.05) is 11.6 Å². The molecule has 1 aliphatic heterocycles. The topological polar surface area (TPSA) is 60.0 Å². The molecule has 0 bridgehead atoms. The minimum Gasteiger partial charge on any atom is -0.419 e. The van der Waals surface area contributed by atoms with Gasteiger partial charge in [0.2, 0.25) is 5.89 Å². The van der Waals surface area contributed by atoms with Crippen molar-refractivity contribution >= 4 is 0 Å². The Kier molecular flexibility index (Phi) is 2.84. The number of hydrogen-bond acceptors (Lipinski definition) is 5. The van der Waals surface area contributed by atoms with Crippen molar-refractivity contribution in [3.05, 3.63) is 18.4 Å². The summed E-state index contributed by atoms with van der Waals surface area (Å²) in [6.07, 6.45) is 7.44. The summed E-state index contributed by atoms with van der Waals surface area (Å²) in [4.78, 5) is 6.62. The van der Waals surface area contributed by atoms with Crippen LogP contribution in [0.1, 0.15) is 31.1 Å². The first kappa shape index (κ1) is 12.1. The molecule has 0 amide bonds. The fourth-order valence-corrected chi connectivity index (χ4v) is 2.93. The van der Waals surface area contributed by atoms with E-state index >= 15 is 0 Å². The maximum Gasteiger partial charge on any atom is 0.265 e. The van der Waals surface area contributed by atoms with Gasteiger partial charge in [-0.15, -0.1) is 10.2 Å². The Bertz CT molecular complexity index is 600. The van der Waals surface area contributed by atoms with Gasteiger partial charge in [0.05, 0.1) is 18.4 Å². The Labute approximate surface area is 117 Å². The first-order valence-corrected chi connectivity index (χ1v) is 7.32. The molecule has 2 fully saturated rings. The zero-order chi connectivity index (χ0) is 13.5. The number of aromatic nitrogens is 4. The van der Waals surface area contributed by atoms with E-state index in [9.17, 15) is 0 Å². The first-order chi connectivity index (χ1) is 9.79. The molecule has 3 heterocycles. The third kappa shape index (κ3) is 2.24. The molecule has 0 spiro atoms. The number of nitrogens with zero attached hydrogens (tertiary/aromatic N) is 5. The third-order valence-corrected chi connectivity index (χ3v) is 4.31. The van der Waals surface area contributed by atoms with Crippen molar-refractivity contribution in [2.75, 3.05) is 19.6 Å². The lowest BCUT2D eigenvalue weighted by atomic mass is 10.1. The van der Waals surface area contributed by atoms with Gasteiger partial charge < -0.3 is 13.9 Å². The first-order valence-electron chi connectivity index (χ1n) is 7.32. The molecule has 6 nitrogen and oxygen atoms in total. The Morgan fingerprint density at radius 3 is 2.95 bits per heavy atom. The van der Waals surface area contributed by atoms with Gasteiger partial charge in [-0.2, -0.15) is 0 Å². The minimum absolute atomic E-state index is 0.392. The predicted octanol–water partition coefficient (Wildman–Crippen LogP) is 1.67. The van der Waals surface area contributed by atoms with Crippen LogP contribution in [-0.4, -0.2) is 44.3 Å². The molecule has 1 saturated heterocycles. The standard InChI is InChI=1S/C14H19N5O/c1-18-9-15-6-12(18)14-17-16-13(20-14)11-4-5-19(8-11)7-10-2-3-10/h6,9-11H,2-5,7-8H2,1H3. The average molecular weight is 273 g/mol. The molecule has 0 N–H and O–H groups in total. The van der Waals surface area contributed by atoms with E-state index in [1.165, 1.54) is 19.4 Å². The molecule has 106 valence electrons. The normalized spacial score (nSPS) is 23.6. The number of aryl methyl sites for hydroxylation is 1. The van der Waals surface area contributed by atoms with Crippen molar-refractivity contribution in [2.45, 2.75) is 25.2 Å².